The third-order valence-corrected chi connectivity index (χ3v) is 3.59. The van der Waals surface area contributed by atoms with Gasteiger partial charge in [0, 0.05) is 12.6 Å². The lowest BCUT2D eigenvalue weighted by atomic mass is 10.0. The molecule has 0 saturated heterocycles. The van der Waals surface area contributed by atoms with Crippen molar-refractivity contribution in [3.8, 4) is 5.75 Å². The van der Waals surface area contributed by atoms with Crippen molar-refractivity contribution in [1.82, 2.24) is 10.6 Å². The molecule has 6 nitrogen and oxygen atoms in total. The second kappa shape index (κ2) is 10.6. The van der Waals surface area contributed by atoms with Gasteiger partial charge < -0.3 is 20.1 Å². The molecule has 2 amide bonds. The van der Waals surface area contributed by atoms with Crippen molar-refractivity contribution >= 4 is 12.0 Å². The van der Waals surface area contributed by atoms with Crippen LogP contribution in [0.15, 0.2) is 18.2 Å². The summed E-state index contributed by atoms with van der Waals surface area (Å²) >= 11 is 0. The highest BCUT2D eigenvalue weighted by molar-refractivity contribution is 5.77. The fourth-order valence-electron chi connectivity index (χ4n) is 2.49. The Kier molecular flexibility index (Phi) is 8.81. The lowest BCUT2D eigenvalue weighted by molar-refractivity contribution is -0.123. The highest BCUT2D eigenvalue weighted by Crippen LogP contribution is 2.18. The van der Waals surface area contributed by atoms with Crippen molar-refractivity contribution in [2.24, 2.45) is 5.92 Å². The Balaban J connectivity index is 2.46. The van der Waals surface area contributed by atoms with Crippen molar-refractivity contribution in [3.05, 3.63) is 29.3 Å². The van der Waals surface area contributed by atoms with E-state index in [0.29, 0.717) is 24.8 Å². The zero-order valence-electron chi connectivity index (χ0n) is 15.8. The van der Waals surface area contributed by atoms with E-state index in [9.17, 15) is 9.59 Å². The molecule has 1 aromatic rings. The first-order chi connectivity index (χ1) is 11.8. The molecular formula is C19H30N2O4. The van der Waals surface area contributed by atoms with Gasteiger partial charge in [-0.1, -0.05) is 31.5 Å². The first kappa shape index (κ1) is 20.8. The van der Waals surface area contributed by atoms with E-state index in [2.05, 4.69) is 24.5 Å². The van der Waals surface area contributed by atoms with Crippen LogP contribution in [-0.2, 0) is 9.53 Å². The van der Waals surface area contributed by atoms with E-state index >= 15 is 0 Å². The summed E-state index contributed by atoms with van der Waals surface area (Å²) in [5.74, 6) is 0.860. The van der Waals surface area contributed by atoms with Crippen molar-refractivity contribution in [2.75, 3.05) is 19.8 Å². The molecule has 0 spiro atoms. The first-order valence-electron chi connectivity index (χ1n) is 8.71. The largest absolute Gasteiger partial charge is 0.484 e. The molecule has 25 heavy (non-hydrogen) atoms. The molecule has 1 unspecified atom stereocenters. The minimum absolute atomic E-state index is 0.0578. The number of hydrogen-bond acceptors (Lipinski definition) is 4. The van der Waals surface area contributed by atoms with E-state index < -0.39 is 6.09 Å². The van der Waals surface area contributed by atoms with Gasteiger partial charge in [-0.2, -0.15) is 0 Å². The van der Waals surface area contributed by atoms with E-state index in [4.69, 9.17) is 9.47 Å². The fraction of sp³-hybridized carbons (Fsp3) is 0.579. The molecule has 2 N–H and O–H groups in total. The summed E-state index contributed by atoms with van der Waals surface area (Å²) in [6, 6.07) is 5.64. The van der Waals surface area contributed by atoms with Gasteiger partial charge in [0.05, 0.1) is 6.61 Å². The summed E-state index contributed by atoms with van der Waals surface area (Å²) in [7, 11) is 0. The lowest BCUT2D eigenvalue weighted by Crippen LogP contribution is -2.45. The maximum absolute atomic E-state index is 12.0. The van der Waals surface area contributed by atoms with Crippen LogP contribution in [0.25, 0.3) is 0 Å². The van der Waals surface area contributed by atoms with Gasteiger partial charge in [-0.3, -0.25) is 4.79 Å². The SMILES string of the molecule is CCOC(=O)NC(CNC(=O)COc1ccc(C)cc1C)CC(C)C. The number of hydrogen-bond donors (Lipinski definition) is 2. The van der Waals surface area contributed by atoms with Gasteiger partial charge in [-0.15, -0.1) is 0 Å². The van der Waals surface area contributed by atoms with Gasteiger partial charge >= 0.3 is 6.09 Å². The fourth-order valence-corrected chi connectivity index (χ4v) is 2.49. The molecule has 140 valence electrons. The average Bonchev–Trinajstić information content (AvgIpc) is 2.51. The number of carbonyl (C=O) groups is 2. The van der Waals surface area contributed by atoms with Crippen molar-refractivity contribution in [2.45, 2.75) is 47.1 Å². The second-order valence-electron chi connectivity index (χ2n) is 6.55. The Labute approximate surface area is 150 Å². The molecule has 0 fully saturated rings. The van der Waals surface area contributed by atoms with Crippen LogP contribution in [0.4, 0.5) is 4.79 Å². The molecule has 1 aromatic carbocycles. The van der Waals surface area contributed by atoms with E-state index in [0.717, 1.165) is 17.5 Å². The molecule has 6 heteroatoms. The van der Waals surface area contributed by atoms with Crippen LogP contribution in [0.5, 0.6) is 5.75 Å². The molecule has 1 rings (SSSR count). The number of benzene rings is 1. The molecule has 0 radical (unpaired) electrons. The summed E-state index contributed by atoms with van der Waals surface area (Å²) in [5.41, 5.74) is 2.14. The highest BCUT2D eigenvalue weighted by atomic mass is 16.5. The van der Waals surface area contributed by atoms with Crippen LogP contribution in [0.1, 0.15) is 38.3 Å². The van der Waals surface area contributed by atoms with Crippen molar-refractivity contribution in [1.29, 1.82) is 0 Å². The van der Waals surface area contributed by atoms with Crippen LogP contribution in [0, 0.1) is 19.8 Å². The van der Waals surface area contributed by atoms with Crippen LogP contribution in [0.2, 0.25) is 0 Å². The summed E-state index contributed by atoms with van der Waals surface area (Å²) in [4.78, 5) is 23.6. The van der Waals surface area contributed by atoms with E-state index in [1.807, 2.05) is 32.0 Å². The Hall–Kier alpha value is -2.24. The molecule has 0 heterocycles. The number of amides is 2. The van der Waals surface area contributed by atoms with Gasteiger partial charge in [0.25, 0.3) is 5.91 Å². The number of carbonyl (C=O) groups excluding carboxylic acids is 2. The molecule has 0 aliphatic carbocycles. The third kappa shape index (κ3) is 8.42. The Morgan fingerprint density at radius 3 is 2.52 bits per heavy atom. The Bertz CT molecular complexity index is 573. The predicted octanol–water partition coefficient (Wildman–Crippen LogP) is 2.96. The monoisotopic (exact) mass is 350 g/mol. The highest BCUT2D eigenvalue weighted by Gasteiger charge is 2.16. The van der Waals surface area contributed by atoms with Crippen molar-refractivity contribution < 1.29 is 19.1 Å². The number of rotatable bonds is 9. The maximum Gasteiger partial charge on any atom is 0.407 e. The Morgan fingerprint density at radius 2 is 1.92 bits per heavy atom. The second-order valence-corrected chi connectivity index (χ2v) is 6.55. The summed E-state index contributed by atoms with van der Waals surface area (Å²) < 4.78 is 10.5. The van der Waals surface area contributed by atoms with Crippen LogP contribution >= 0.6 is 0 Å². The van der Waals surface area contributed by atoms with Gasteiger partial charge in [0.1, 0.15) is 5.75 Å². The minimum Gasteiger partial charge on any atom is -0.484 e. The van der Waals surface area contributed by atoms with Crippen LogP contribution in [0.3, 0.4) is 0 Å². The first-order valence-corrected chi connectivity index (χ1v) is 8.71. The van der Waals surface area contributed by atoms with Gasteiger partial charge in [0.2, 0.25) is 0 Å². The van der Waals surface area contributed by atoms with Crippen molar-refractivity contribution in [3.63, 3.8) is 0 Å². The van der Waals surface area contributed by atoms with Gasteiger partial charge in [-0.25, -0.2) is 4.79 Å². The summed E-state index contributed by atoms with van der Waals surface area (Å²) in [6.07, 6.45) is 0.283. The van der Waals surface area contributed by atoms with Gasteiger partial charge in [0.15, 0.2) is 6.61 Å². The molecule has 0 bridgehead atoms. The topological polar surface area (TPSA) is 76.7 Å². The number of nitrogens with one attached hydrogen (secondary N) is 2. The lowest BCUT2D eigenvalue weighted by Gasteiger charge is -2.21. The standard InChI is InChI=1S/C19H30N2O4/c1-6-24-19(23)21-16(9-13(2)3)11-20-18(22)12-25-17-8-7-14(4)10-15(17)5/h7-8,10,13,16H,6,9,11-12H2,1-5H3,(H,20,22)(H,21,23). The van der Waals surface area contributed by atoms with E-state index in [1.54, 1.807) is 6.92 Å². The smallest absolute Gasteiger partial charge is 0.407 e. The predicted molar refractivity (Wildman–Crippen MR) is 97.8 cm³/mol. The molecule has 0 aliphatic rings. The third-order valence-electron chi connectivity index (χ3n) is 3.59. The molecule has 0 aliphatic heterocycles. The molecule has 0 saturated carbocycles. The Morgan fingerprint density at radius 1 is 1.20 bits per heavy atom. The zero-order chi connectivity index (χ0) is 18.8. The molecular weight excluding hydrogens is 320 g/mol. The average molecular weight is 350 g/mol. The number of aryl methyl sites for hydroxylation is 2. The minimum atomic E-state index is -0.464. The molecule has 0 aromatic heterocycles. The zero-order valence-corrected chi connectivity index (χ0v) is 15.8. The van der Waals surface area contributed by atoms with Crippen LogP contribution in [-0.4, -0.2) is 37.8 Å². The van der Waals surface area contributed by atoms with Crippen LogP contribution < -0.4 is 15.4 Å². The molecule has 1 atom stereocenters. The summed E-state index contributed by atoms with van der Waals surface area (Å²) in [5, 5.41) is 5.58. The van der Waals surface area contributed by atoms with E-state index in [1.165, 1.54) is 0 Å². The number of alkyl carbamates (subject to hydrolysis) is 1. The quantitative estimate of drug-likeness (QED) is 0.718. The number of ether oxygens (including phenoxy) is 2. The summed E-state index contributed by atoms with van der Waals surface area (Å²) in [6.45, 7) is 10.4. The normalized spacial score (nSPS) is 11.8. The maximum atomic E-state index is 12.0. The van der Waals surface area contributed by atoms with Gasteiger partial charge in [-0.05, 0) is 44.7 Å². The van der Waals surface area contributed by atoms with E-state index in [-0.39, 0.29) is 18.6 Å².